The topological polar surface area (TPSA) is 57.9 Å². The van der Waals surface area contributed by atoms with Crippen LogP contribution in [0.4, 0.5) is 0 Å². The third-order valence-corrected chi connectivity index (χ3v) is 3.63. The van der Waals surface area contributed by atoms with Crippen LogP contribution in [0.2, 0.25) is 0 Å². The van der Waals surface area contributed by atoms with Gasteiger partial charge < -0.3 is 0 Å². The molecule has 4 heteroatoms. The van der Waals surface area contributed by atoms with Crippen molar-refractivity contribution in [3.63, 3.8) is 0 Å². The molecule has 0 fully saturated rings. The minimum atomic E-state index is -3.17. The quantitative estimate of drug-likeness (QED) is 0.671. The lowest BCUT2D eigenvalue weighted by atomic mass is 10.1. The SMILES string of the molecule is CCS(=O)(=O)C(C#N)CC(C)C. The Morgan fingerprint density at radius 3 is 2.17 bits per heavy atom. The Bertz CT molecular complexity index is 261. The van der Waals surface area contributed by atoms with Crippen LogP contribution in [0.1, 0.15) is 27.2 Å². The first kappa shape index (κ1) is 11.4. The second-order valence-corrected chi connectivity index (χ2v) is 5.67. The average molecular weight is 189 g/mol. The van der Waals surface area contributed by atoms with Gasteiger partial charge in [0.1, 0.15) is 5.25 Å². The Morgan fingerprint density at radius 1 is 1.42 bits per heavy atom. The molecule has 1 unspecified atom stereocenters. The lowest BCUT2D eigenvalue weighted by Crippen LogP contribution is -2.23. The Hall–Kier alpha value is -0.560. The van der Waals surface area contributed by atoms with Crippen LogP contribution in [0, 0.1) is 17.2 Å². The van der Waals surface area contributed by atoms with Crippen LogP contribution >= 0.6 is 0 Å². The van der Waals surface area contributed by atoms with Gasteiger partial charge in [-0.2, -0.15) is 5.26 Å². The number of sulfone groups is 1. The van der Waals surface area contributed by atoms with E-state index in [1.165, 1.54) is 0 Å². The molecule has 0 radical (unpaired) electrons. The Morgan fingerprint density at radius 2 is 1.92 bits per heavy atom. The molecule has 0 aliphatic heterocycles. The lowest BCUT2D eigenvalue weighted by molar-refractivity contribution is 0.554. The van der Waals surface area contributed by atoms with Crippen molar-refractivity contribution < 1.29 is 8.42 Å². The number of nitriles is 1. The van der Waals surface area contributed by atoms with Gasteiger partial charge in [-0.05, 0) is 12.3 Å². The van der Waals surface area contributed by atoms with E-state index >= 15 is 0 Å². The van der Waals surface area contributed by atoms with Crippen molar-refractivity contribution in [1.29, 1.82) is 5.26 Å². The summed E-state index contributed by atoms with van der Waals surface area (Å²) in [4.78, 5) is 0. The molecule has 0 saturated carbocycles. The van der Waals surface area contributed by atoms with Crippen LogP contribution in [0.5, 0.6) is 0 Å². The fourth-order valence-corrected chi connectivity index (χ4v) is 2.15. The molecule has 12 heavy (non-hydrogen) atoms. The molecule has 0 aromatic carbocycles. The summed E-state index contributed by atoms with van der Waals surface area (Å²) in [7, 11) is -3.17. The van der Waals surface area contributed by atoms with Crippen LogP contribution in [0.25, 0.3) is 0 Å². The third kappa shape index (κ3) is 3.22. The van der Waals surface area contributed by atoms with E-state index in [2.05, 4.69) is 0 Å². The Labute approximate surface area is 74.3 Å². The molecule has 0 amide bonds. The Balaban J connectivity index is 4.50. The molecule has 0 spiro atoms. The van der Waals surface area contributed by atoms with Gasteiger partial charge in [0, 0.05) is 5.75 Å². The van der Waals surface area contributed by atoms with Crippen molar-refractivity contribution in [2.24, 2.45) is 5.92 Å². The molecule has 0 heterocycles. The van der Waals surface area contributed by atoms with Crippen molar-refractivity contribution in [2.75, 3.05) is 5.75 Å². The van der Waals surface area contributed by atoms with E-state index in [9.17, 15) is 8.42 Å². The number of rotatable bonds is 4. The fraction of sp³-hybridized carbons (Fsp3) is 0.875. The first-order valence-electron chi connectivity index (χ1n) is 4.05. The Kier molecular flexibility index (Phi) is 4.25. The fourth-order valence-electron chi connectivity index (χ4n) is 0.909. The first-order valence-corrected chi connectivity index (χ1v) is 5.76. The van der Waals surface area contributed by atoms with E-state index in [4.69, 9.17) is 5.26 Å². The number of hydrogen-bond acceptors (Lipinski definition) is 3. The van der Waals surface area contributed by atoms with E-state index in [1.54, 1.807) is 6.92 Å². The molecule has 0 rings (SSSR count). The largest absolute Gasteiger partial charge is 0.227 e. The van der Waals surface area contributed by atoms with E-state index in [1.807, 2.05) is 19.9 Å². The molecule has 0 aromatic heterocycles. The molecule has 0 aromatic rings. The zero-order chi connectivity index (χ0) is 9.78. The normalized spacial score (nSPS) is 14.2. The smallest absolute Gasteiger partial charge is 0.166 e. The zero-order valence-corrected chi connectivity index (χ0v) is 8.56. The van der Waals surface area contributed by atoms with Crippen molar-refractivity contribution >= 4 is 9.84 Å². The molecule has 0 bridgehead atoms. The minimum absolute atomic E-state index is 0.0535. The summed E-state index contributed by atoms with van der Waals surface area (Å²) in [5, 5.41) is 7.80. The highest BCUT2D eigenvalue weighted by Crippen LogP contribution is 2.12. The van der Waals surface area contributed by atoms with Gasteiger partial charge in [-0.1, -0.05) is 20.8 Å². The van der Waals surface area contributed by atoms with Gasteiger partial charge in [-0.25, -0.2) is 8.42 Å². The van der Waals surface area contributed by atoms with Crippen LogP contribution in [0.3, 0.4) is 0 Å². The summed E-state index contributed by atoms with van der Waals surface area (Å²) >= 11 is 0. The molecular weight excluding hydrogens is 174 g/mol. The molecule has 0 aliphatic carbocycles. The van der Waals surface area contributed by atoms with Crippen LogP contribution < -0.4 is 0 Å². The predicted octanol–water partition coefficient (Wildman–Crippen LogP) is 1.36. The highest BCUT2D eigenvalue weighted by Gasteiger charge is 2.23. The van der Waals surface area contributed by atoms with Gasteiger partial charge in [0.05, 0.1) is 6.07 Å². The second kappa shape index (κ2) is 4.46. The molecular formula is C8H15NO2S. The molecule has 70 valence electrons. The van der Waals surface area contributed by atoms with Crippen LogP contribution in [-0.4, -0.2) is 19.4 Å². The van der Waals surface area contributed by atoms with E-state index in [-0.39, 0.29) is 11.7 Å². The molecule has 3 nitrogen and oxygen atoms in total. The van der Waals surface area contributed by atoms with Gasteiger partial charge in [-0.15, -0.1) is 0 Å². The van der Waals surface area contributed by atoms with Crippen LogP contribution in [0.15, 0.2) is 0 Å². The number of nitrogens with zero attached hydrogens (tertiary/aromatic N) is 1. The van der Waals surface area contributed by atoms with Gasteiger partial charge in [0.25, 0.3) is 0 Å². The standard InChI is InChI=1S/C8H15NO2S/c1-4-12(10,11)8(6-9)5-7(2)3/h7-8H,4-5H2,1-3H3. The second-order valence-electron chi connectivity index (χ2n) is 3.20. The third-order valence-electron chi connectivity index (χ3n) is 1.67. The van der Waals surface area contributed by atoms with Gasteiger partial charge in [0.15, 0.2) is 9.84 Å². The zero-order valence-electron chi connectivity index (χ0n) is 7.74. The van der Waals surface area contributed by atoms with Gasteiger partial charge >= 0.3 is 0 Å². The summed E-state index contributed by atoms with van der Waals surface area (Å²) < 4.78 is 22.5. The van der Waals surface area contributed by atoms with Crippen molar-refractivity contribution in [1.82, 2.24) is 0 Å². The lowest BCUT2D eigenvalue weighted by Gasteiger charge is -2.10. The molecule has 0 aliphatic rings. The van der Waals surface area contributed by atoms with E-state index in [0.717, 1.165) is 0 Å². The van der Waals surface area contributed by atoms with Crippen LogP contribution in [-0.2, 0) is 9.84 Å². The highest BCUT2D eigenvalue weighted by atomic mass is 32.2. The van der Waals surface area contributed by atoms with Crippen molar-refractivity contribution in [3.05, 3.63) is 0 Å². The van der Waals surface area contributed by atoms with Crippen molar-refractivity contribution in [3.8, 4) is 6.07 Å². The van der Waals surface area contributed by atoms with Gasteiger partial charge in [-0.3, -0.25) is 0 Å². The maximum absolute atomic E-state index is 11.2. The predicted molar refractivity (Wildman–Crippen MR) is 48.3 cm³/mol. The maximum atomic E-state index is 11.2. The summed E-state index contributed by atoms with van der Waals surface area (Å²) in [6.45, 7) is 5.39. The maximum Gasteiger partial charge on any atom is 0.166 e. The summed E-state index contributed by atoms with van der Waals surface area (Å²) in [5.41, 5.74) is 0. The average Bonchev–Trinajstić information content (AvgIpc) is 1.99. The summed E-state index contributed by atoms with van der Waals surface area (Å²) in [6.07, 6.45) is 0.437. The molecule has 1 atom stereocenters. The first-order chi connectivity index (χ1) is 5.44. The monoisotopic (exact) mass is 189 g/mol. The minimum Gasteiger partial charge on any atom is -0.227 e. The van der Waals surface area contributed by atoms with Gasteiger partial charge in [0.2, 0.25) is 0 Å². The van der Waals surface area contributed by atoms with E-state index in [0.29, 0.717) is 6.42 Å². The summed E-state index contributed by atoms with van der Waals surface area (Å²) in [5.74, 6) is 0.300. The highest BCUT2D eigenvalue weighted by molar-refractivity contribution is 7.92. The van der Waals surface area contributed by atoms with Crippen molar-refractivity contribution in [2.45, 2.75) is 32.4 Å². The molecule has 0 N–H and O–H groups in total. The van der Waals surface area contributed by atoms with E-state index < -0.39 is 15.1 Å². The molecule has 0 saturated heterocycles. The summed E-state index contributed by atoms with van der Waals surface area (Å²) in [6, 6.07) is 1.84. The number of hydrogen-bond donors (Lipinski definition) is 0.